The summed E-state index contributed by atoms with van der Waals surface area (Å²) in [6.45, 7) is 1.34. The van der Waals surface area contributed by atoms with E-state index in [1.807, 2.05) is 0 Å². The second-order valence-corrected chi connectivity index (χ2v) is 6.72. The van der Waals surface area contributed by atoms with Crippen molar-refractivity contribution in [1.29, 1.82) is 5.41 Å². The number of carbonyl (C=O) groups is 1. The van der Waals surface area contributed by atoms with E-state index in [4.69, 9.17) is 5.41 Å². The molecule has 0 aliphatic carbocycles. The molecule has 0 radical (unpaired) electrons. The first-order valence-corrected chi connectivity index (χ1v) is 8.22. The summed E-state index contributed by atoms with van der Waals surface area (Å²) < 4.78 is 67.6. The highest BCUT2D eigenvalue weighted by Gasteiger charge is 2.50. The van der Waals surface area contributed by atoms with Crippen molar-refractivity contribution in [2.75, 3.05) is 7.05 Å². The number of rotatable bonds is 2. The number of hydrogen-bond donors (Lipinski definition) is 2. The Morgan fingerprint density at radius 1 is 1.07 bits per heavy atom. The summed E-state index contributed by atoms with van der Waals surface area (Å²) >= 11 is 0. The third kappa shape index (κ3) is 3.10. The van der Waals surface area contributed by atoms with Crippen LogP contribution in [-0.2, 0) is 16.5 Å². The summed E-state index contributed by atoms with van der Waals surface area (Å²) in [6, 6.07) is 7.01. The monoisotopic (exact) mass is 397 g/mol. The molecule has 1 aliphatic heterocycles. The van der Waals surface area contributed by atoms with Crippen molar-refractivity contribution in [1.82, 2.24) is 10.2 Å². The minimum atomic E-state index is -4.56. The largest absolute Gasteiger partial charge is 0.416 e. The Hall–Kier alpha value is -2.97. The van der Waals surface area contributed by atoms with Crippen molar-refractivity contribution in [3.8, 4) is 0 Å². The maximum absolute atomic E-state index is 14.5. The third-order valence-electron chi connectivity index (χ3n) is 4.92. The number of nitrogens with zero attached hydrogens (tertiary/aromatic N) is 1. The second-order valence-electron chi connectivity index (χ2n) is 6.72. The zero-order valence-corrected chi connectivity index (χ0v) is 14.9. The number of hydrogen-bond acceptors (Lipinski definition) is 2. The molecule has 0 unspecified atom stereocenters. The fourth-order valence-corrected chi connectivity index (χ4v) is 3.49. The molecule has 28 heavy (non-hydrogen) atoms. The molecule has 1 fully saturated rings. The highest BCUT2D eigenvalue weighted by atomic mass is 19.4. The zero-order valence-electron chi connectivity index (χ0n) is 14.9. The molecule has 2 N–H and O–H groups in total. The first kappa shape index (κ1) is 19.8. The maximum atomic E-state index is 14.5. The lowest BCUT2D eigenvalue weighted by molar-refractivity contribution is -0.137. The van der Waals surface area contributed by atoms with Crippen LogP contribution in [0.2, 0.25) is 0 Å². The standard InChI is InChI=1S/C19H16F5N3O/c1-18(15-12(20)4-3-5-13(15)21)14(16(28)27(2)17(25)26-18)10-6-8-11(9-7-10)19(22,23)24/h3-9,14H,1-2H3,(H2,25,26)/t14-,18+/m1/s1. The molecule has 0 bridgehead atoms. The zero-order chi connectivity index (χ0) is 20.9. The summed E-state index contributed by atoms with van der Waals surface area (Å²) in [6.07, 6.45) is -4.56. The van der Waals surface area contributed by atoms with Crippen molar-refractivity contribution < 1.29 is 26.7 Å². The predicted octanol–water partition coefficient (Wildman–Crippen LogP) is 3.98. The Labute approximate surface area is 157 Å². The Balaban J connectivity index is 2.19. The second kappa shape index (κ2) is 6.57. The molecule has 0 aromatic heterocycles. The Morgan fingerprint density at radius 3 is 2.11 bits per heavy atom. The number of likely N-dealkylation sites (N-methyl/N-ethyl adjacent to an activating group) is 1. The van der Waals surface area contributed by atoms with Crippen LogP contribution in [-0.4, -0.2) is 23.8 Å². The summed E-state index contributed by atoms with van der Waals surface area (Å²) in [7, 11) is 1.30. The number of nitrogens with one attached hydrogen (secondary N) is 2. The van der Waals surface area contributed by atoms with Gasteiger partial charge < -0.3 is 5.32 Å². The van der Waals surface area contributed by atoms with Crippen LogP contribution < -0.4 is 5.32 Å². The summed E-state index contributed by atoms with van der Waals surface area (Å²) in [5.74, 6) is -4.18. The maximum Gasteiger partial charge on any atom is 0.416 e. The quantitative estimate of drug-likeness (QED) is 0.754. The van der Waals surface area contributed by atoms with Gasteiger partial charge in [0.1, 0.15) is 11.6 Å². The van der Waals surface area contributed by atoms with Gasteiger partial charge in [-0.3, -0.25) is 15.1 Å². The van der Waals surface area contributed by atoms with Gasteiger partial charge in [-0.15, -0.1) is 0 Å². The smallest absolute Gasteiger partial charge is 0.345 e. The molecular formula is C19H16F5N3O. The Kier molecular flexibility index (Phi) is 4.64. The van der Waals surface area contributed by atoms with E-state index >= 15 is 0 Å². The van der Waals surface area contributed by atoms with Crippen LogP contribution in [0.1, 0.15) is 29.5 Å². The number of guanidine groups is 1. The fourth-order valence-electron chi connectivity index (χ4n) is 3.49. The van der Waals surface area contributed by atoms with E-state index in [1.54, 1.807) is 0 Å². The topological polar surface area (TPSA) is 56.2 Å². The Bertz CT molecular complexity index is 921. The normalized spacial score (nSPS) is 23.0. The lowest BCUT2D eigenvalue weighted by Crippen LogP contribution is -2.63. The molecule has 2 aromatic rings. The van der Waals surface area contributed by atoms with Crippen molar-refractivity contribution >= 4 is 11.9 Å². The van der Waals surface area contributed by atoms with E-state index in [0.717, 1.165) is 47.4 Å². The highest BCUT2D eigenvalue weighted by molar-refractivity contribution is 6.02. The van der Waals surface area contributed by atoms with Crippen LogP contribution in [0.25, 0.3) is 0 Å². The summed E-state index contributed by atoms with van der Waals surface area (Å²) in [5.41, 5.74) is -2.97. The van der Waals surface area contributed by atoms with E-state index in [0.29, 0.717) is 0 Å². The minimum absolute atomic E-state index is 0.134. The number of carbonyl (C=O) groups excluding carboxylic acids is 1. The SMILES string of the molecule is CN1C(=N)N[C@](C)(c2c(F)cccc2F)[C@H](c2ccc(C(F)(F)F)cc2)C1=O. The van der Waals surface area contributed by atoms with E-state index in [2.05, 4.69) is 5.32 Å². The number of benzene rings is 2. The molecule has 1 aliphatic rings. The van der Waals surface area contributed by atoms with Crippen LogP contribution in [0.5, 0.6) is 0 Å². The average molecular weight is 397 g/mol. The molecule has 0 saturated carbocycles. The molecule has 4 nitrogen and oxygen atoms in total. The van der Waals surface area contributed by atoms with Crippen LogP contribution in [0.4, 0.5) is 22.0 Å². The molecule has 0 spiro atoms. The summed E-state index contributed by atoms with van der Waals surface area (Å²) in [5, 5.41) is 10.6. The summed E-state index contributed by atoms with van der Waals surface area (Å²) in [4.78, 5) is 13.9. The minimum Gasteiger partial charge on any atom is -0.345 e. The van der Waals surface area contributed by atoms with Crippen molar-refractivity contribution in [2.45, 2.75) is 24.6 Å². The third-order valence-corrected chi connectivity index (χ3v) is 4.92. The molecule has 1 heterocycles. The van der Waals surface area contributed by atoms with Gasteiger partial charge in [-0.2, -0.15) is 13.2 Å². The van der Waals surface area contributed by atoms with Gasteiger partial charge in [0.25, 0.3) is 0 Å². The van der Waals surface area contributed by atoms with Gasteiger partial charge in [0.15, 0.2) is 5.96 Å². The van der Waals surface area contributed by atoms with Gasteiger partial charge in [-0.05, 0) is 36.8 Å². The van der Waals surface area contributed by atoms with Gasteiger partial charge >= 0.3 is 6.18 Å². The van der Waals surface area contributed by atoms with Crippen molar-refractivity contribution in [3.05, 3.63) is 70.8 Å². The average Bonchev–Trinajstić information content (AvgIpc) is 2.59. The first-order valence-electron chi connectivity index (χ1n) is 8.22. The van der Waals surface area contributed by atoms with Gasteiger partial charge in [0.2, 0.25) is 5.91 Å². The fraction of sp³-hybridized carbons (Fsp3) is 0.263. The van der Waals surface area contributed by atoms with Gasteiger partial charge in [0.05, 0.1) is 17.0 Å². The van der Waals surface area contributed by atoms with Crippen LogP contribution in [0.15, 0.2) is 42.5 Å². The Morgan fingerprint density at radius 2 is 1.61 bits per heavy atom. The first-order chi connectivity index (χ1) is 13.0. The lowest BCUT2D eigenvalue weighted by Gasteiger charge is -2.46. The number of amides is 1. The van der Waals surface area contributed by atoms with Gasteiger partial charge in [-0.1, -0.05) is 18.2 Å². The van der Waals surface area contributed by atoms with Crippen LogP contribution >= 0.6 is 0 Å². The van der Waals surface area contributed by atoms with Crippen LogP contribution in [0.3, 0.4) is 0 Å². The molecular weight excluding hydrogens is 381 g/mol. The molecule has 2 aromatic carbocycles. The highest BCUT2D eigenvalue weighted by Crippen LogP contribution is 2.43. The molecule has 1 saturated heterocycles. The van der Waals surface area contributed by atoms with Crippen LogP contribution in [0, 0.1) is 17.0 Å². The molecule has 3 rings (SSSR count). The van der Waals surface area contributed by atoms with E-state index in [-0.39, 0.29) is 11.5 Å². The number of halogens is 5. The predicted molar refractivity (Wildman–Crippen MR) is 91.5 cm³/mol. The van der Waals surface area contributed by atoms with E-state index < -0.39 is 46.3 Å². The lowest BCUT2D eigenvalue weighted by atomic mass is 9.73. The molecule has 9 heteroatoms. The van der Waals surface area contributed by atoms with Crippen molar-refractivity contribution in [2.24, 2.45) is 0 Å². The molecule has 2 atom stereocenters. The van der Waals surface area contributed by atoms with Gasteiger partial charge in [0, 0.05) is 12.6 Å². The van der Waals surface area contributed by atoms with E-state index in [1.165, 1.54) is 14.0 Å². The van der Waals surface area contributed by atoms with Gasteiger partial charge in [-0.25, -0.2) is 8.78 Å². The van der Waals surface area contributed by atoms with E-state index in [9.17, 15) is 26.7 Å². The van der Waals surface area contributed by atoms with Crippen molar-refractivity contribution in [3.63, 3.8) is 0 Å². The molecule has 1 amide bonds. The molecule has 148 valence electrons. The number of alkyl halides is 3.